The lowest BCUT2D eigenvalue weighted by Gasteiger charge is -2.15. The Morgan fingerprint density at radius 2 is 2.04 bits per heavy atom. The zero-order valence-corrected chi connectivity index (χ0v) is 18.4. The highest BCUT2D eigenvalue weighted by molar-refractivity contribution is 6.76. The molecule has 28 heavy (non-hydrogen) atoms. The van der Waals surface area contributed by atoms with Crippen molar-refractivity contribution in [3.8, 4) is 0 Å². The van der Waals surface area contributed by atoms with Crippen molar-refractivity contribution < 1.29 is 4.74 Å². The standard InChI is InChI=1S/C19H29N7OSi/c1-13-15(10-21-25(13)2)22-19-23-16(14-6-7-14)17-18(24-19)26(11-20-17)12-27-8-9-28(3,4)5/h10-11,14H,6-9,12H2,1-5H3,(H,22,23,24). The molecule has 0 atom stereocenters. The van der Waals surface area contributed by atoms with Gasteiger partial charge in [0.15, 0.2) is 5.65 Å². The zero-order valence-electron chi connectivity index (χ0n) is 17.4. The van der Waals surface area contributed by atoms with Gasteiger partial charge in [-0.3, -0.25) is 9.25 Å². The minimum Gasteiger partial charge on any atom is -0.361 e. The summed E-state index contributed by atoms with van der Waals surface area (Å²) in [5, 5.41) is 7.62. The van der Waals surface area contributed by atoms with Gasteiger partial charge >= 0.3 is 0 Å². The second-order valence-corrected chi connectivity index (χ2v) is 14.5. The van der Waals surface area contributed by atoms with Crippen LogP contribution >= 0.6 is 0 Å². The summed E-state index contributed by atoms with van der Waals surface area (Å²) in [4.78, 5) is 14.1. The summed E-state index contributed by atoms with van der Waals surface area (Å²) in [6.07, 6.45) is 5.95. The molecule has 0 amide bonds. The predicted molar refractivity (Wildman–Crippen MR) is 113 cm³/mol. The van der Waals surface area contributed by atoms with E-state index in [1.165, 1.54) is 0 Å². The molecule has 0 aliphatic heterocycles. The Hall–Kier alpha value is -2.26. The third-order valence-electron chi connectivity index (χ3n) is 5.16. The van der Waals surface area contributed by atoms with Gasteiger partial charge in [0.05, 0.1) is 29.6 Å². The van der Waals surface area contributed by atoms with E-state index in [0.717, 1.165) is 53.7 Å². The maximum absolute atomic E-state index is 5.92. The maximum atomic E-state index is 5.92. The molecule has 3 heterocycles. The SMILES string of the molecule is Cc1c(Nc2nc(C3CC3)c3ncn(COCC[Si](C)(C)C)c3n2)cnn1C. The van der Waals surface area contributed by atoms with E-state index in [9.17, 15) is 0 Å². The summed E-state index contributed by atoms with van der Waals surface area (Å²) < 4.78 is 9.74. The zero-order chi connectivity index (χ0) is 19.9. The van der Waals surface area contributed by atoms with Crippen LogP contribution in [0.4, 0.5) is 11.6 Å². The van der Waals surface area contributed by atoms with Crippen LogP contribution in [0.2, 0.25) is 25.7 Å². The molecule has 1 aliphatic rings. The molecule has 1 N–H and O–H groups in total. The van der Waals surface area contributed by atoms with Gasteiger partial charge in [-0.2, -0.15) is 10.1 Å². The van der Waals surface area contributed by atoms with E-state index in [0.29, 0.717) is 18.6 Å². The molecule has 0 spiro atoms. The summed E-state index contributed by atoms with van der Waals surface area (Å²) in [7, 11) is 0.826. The van der Waals surface area contributed by atoms with Crippen LogP contribution in [-0.2, 0) is 18.5 Å². The molecule has 3 aromatic rings. The summed E-state index contributed by atoms with van der Waals surface area (Å²) in [5.74, 6) is 1.08. The van der Waals surface area contributed by atoms with Crippen molar-refractivity contribution in [1.29, 1.82) is 0 Å². The number of hydrogen-bond acceptors (Lipinski definition) is 6. The van der Waals surface area contributed by atoms with Crippen LogP contribution in [0.1, 0.15) is 30.1 Å². The van der Waals surface area contributed by atoms with E-state index >= 15 is 0 Å². The van der Waals surface area contributed by atoms with Crippen molar-refractivity contribution in [3.63, 3.8) is 0 Å². The highest BCUT2D eigenvalue weighted by Crippen LogP contribution is 2.42. The summed E-state index contributed by atoms with van der Waals surface area (Å²) in [5.41, 5.74) is 4.72. The lowest BCUT2D eigenvalue weighted by Crippen LogP contribution is -2.22. The van der Waals surface area contributed by atoms with Crippen LogP contribution in [0.5, 0.6) is 0 Å². The summed E-state index contributed by atoms with van der Waals surface area (Å²) >= 11 is 0. The van der Waals surface area contributed by atoms with Crippen molar-refractivity contribution in [1.82, 2.24) is 29.3 Å². The van der Waals surface area contributed by atoms with Crippen molar-refractivity contribution in [2.45, 2.75) is 58.1 Å². The molecule has 0 unspecified atom stereocenters. The van der Waals surface area contributed by atoms with Crippen LogP contribution < -0.4 is 5.32 Å². The topological polar surface area (TPSA) is 82.7 Å². The molecular formula is C19H29N7OSi. The number of fused-ring (bicyclic) bond motifs is 1. The van der Waals surface area contributed by atoms with Crippen LogP contribution in [0.3, 0.4) is 0 Å². The van der Waals surface area contributed by atoms with Crippen molar-refractivity contribution >= 4 is 30.9 Å². The number of nitrogens with one attached hydrogen (secondary N) is 1. The van der Waals surface area contributed by atoms with Gasteiger partial charge in [-0.25, -0.2) is 9.97 Å². The van der Waals surface area contributed by atoms with E-state index in [4.69, 9.17) is 14.7 Å². The number of aromatic nitrogens is 6. The third-order valence-corrected chi connectivity index (χ3v) is 6.87. The van der Waals surface area contributed by atoms with Crippen molar-refractivity contribution in [2.75, 3.05) is 11.9 Å². The minimum absolute atomic E-state index is 0.466. The van der Waals surface area contributed by atoms with Gasteiger partial charge < -0.3 is 10.1 Å². The summed E-state index contributed by atoms with van der Waals surface area (Å²) in [6.45, 7) is 10.3. The number of hydrogen-bond donors (Lipinski definition) is 1. The molecule has 150 valence electrons. The molecular weight excluding hydrogens is 370 g/mol. The Bertz CT molecular complexity index is 984. The second-order valence-electron chi connectivity index (χ2n) is 8.83. The Morgan fingerprint density at radius 3 is 2.68 bits per heavy atom. The fourth-order valence-electron chi connectivity index (χ4n) is 3.04. The lowest BCUT2D eigenvalue weighted by atomic mass is 10.2. The first-order valence-corrected chi connectivity index (χ1v) is 13.6. The third kappa shape index (κ3) is 4.10. The number of nitrogens with zero attached hydrogens (tertiary/aromatic N) is 6. The first-order chi connectivity index (χ1) is 13.3. The fraction of sp³-hybridized carbons (Fsp3) is 0.579. The van der Waals surface area contributed by atoms with Gasteiger partial charge in [-0.05, 0) is 25.8 Å². The molecule has 0 aromatic carbocycles. The second kappa shape index (κ2) is 7.29. The fourth-order valence-corrected chi connectivity index (χ4v) is 3.80. The number of rotatable bonds is 8. The summed E-state index contributed by atoms with van der Waals surface area (Å²) in [6, 6.07) is 1.15. The van der Waals surface area contributed by atoms with E-state index in [1.807, 2.05) is 29.5 Å². The quantitative estimate of drug-likeness (QED) is 0.458. The number of imidazole rings is 1. The largest absolute Gasteiger partial charge is 0.361 e. The molecule has 1 saturated carbocycles. The van der Waals surface area contributed by atoms with Crippen LogP contribution in [0.15, 0.2) is 12.5 Å². The van der Waals surface area contributed by atoms with E-state index < -0.39 is 8.07 Å². The molecule has 8 nitrogen and oxygen atoms in total. The number of anilines is 2. The average Bonchev–Trinajstić information content (AvgIpc) is 3.34. The van der Waals surface area contributed by atoms with Crippen LogP contribution in [0, 0.1) is 6.92 Å². The molecule has 1 aliphatic carbocycles. The number of ether oxygens (including phenoxy) is 1. The predicted octanol–water partition coefficient (Wildman–Crippen LogP) is 3.80. The molecule has 0 radical (unpaired) electrons. The van der Waals surface area contributed by atoms with E-state index in [-0.39, 0.29) is 0 Å². The molecule has 9 heteroatoms. The van der Waals surface area contributed by atoms with E-state index in [1.54, 1.807) is 6.20 Å². The van der Waals surface area contributed by atoms with Gasteiger partial charge in [-0.1, -0.05) is 19.6 Å². The van der Waals surface area contributed by atoms with Crippen molar-refractivity contribution in [2.24, 2.45) is 7.05 Å². The Balaban J connectivity index is 1.59. The number of aryl methyl sites for hydroxylation is 1. The molecule has 0 saturated heterocycles. The molecule has 0 bridgehead atoms. The van der Waals surface area contributed by atoms with Gasteiger partial charge in [0, 0.05) is 27.6 Å². The normalized spacial score (nSPS) is 14.8. The van der Waals surface area contributed by atoms with Crippen molar-refractivity contribution in [3.05, 3.63) is 23.9 Å². The minimum atomic E-state index is -1.10. The first kappa shape index (κ1) is 19.1. The molecule has 1 fully saturated rings. The highest BCUT2D eigenvalue weighted by Gasteiger charge is 2.29. The van der Waals surface area contributed by atoms with Gasteiger partial charge in [0.1, 0.15) is 12.2 Å². The maximum Gasteiger partial charge on any atom is 0.229 e. The Kier molecular flexibility index (Phi) is 4.96. The van der Waals surface area contributed by atoms with Crippen LogP contribution in [-0.4, -0.2) is 44.0 Å². The van der Waals surface area contributed by atoms with Gasteiger partial charge in [0.2, 0.25) is 5.95 Å². The highest BCUT2D eigenvalue weighted by atomic mass is 28.3. The monoisotopic (exact) mass is 399 g/mol. The van der Waals surface area contributed by atoms with Gasteiger partial charge in [0.25, 0.3) is 0 Å². The van der Waals surface area contributed by atoms with Gasteiger partial charge in [-0.15, -0.1) is 0 Å². The Morgan fingerprint density at radius 1 is 1.25 bits per heavy atom. The van der Waals surface area contributed by atoms with E-state index in [2.05, 4.69) is 35.0 Å². The smallest absolute Gasteiger partial charge is 0.229 e. The Labute approximate surface area is 166 Å². The van der Waals surface area contributed by atoms with Crippen LogP contribution in [0.25, 0.3) is 11.2 Å². The molecule has 4 rings (SSSR count). The average molecular weight is 400 g/mol. The molecule has 3 aromatic heterocycles. The lowest BCUT2D eigenvalue weighted by molar-refractivity contribution is 0.0895. The first-order valence-electron chi connectivity index (χ1n) is 9.88.